The van der Waals surface area contributed by atoms with Gasteiger partial charge in [0.15, 0.2) is 69.8 Å². The summed E-state index contributed by atoms with van der Waals surface area (Å²) in [7, 11) is 0. The van der Waals surface area contributed by atoms with Gasteiger partial charge in [0.1, 0.15) is 11.2 Å². The smallest absolute Gasteiger partial charge is 0.418 e. The molecular weight excluding hydrogens is 1940 g/mol. The van der Waals surface area contributed by atoms with Crippen LogP contribution in [0.4, 0.5) is 96.1 Å². The van der Waals surface area contributed by atoms with Gasteiger partial charge in [-0.3, -0.25) is 0 Å². The van der Waals surface area contributed by atoms with Gasteiger partial charge in [-0.05, 0) is 126 Å². The third kappa shape index (κ3) is 14.4. The molecule has 19 aromatic carbocycles. The van der Waals surface area contributed by atoms with Crippen LogP contribution in [0.3, 0.4) is 0 Å². The molecular formula is C122H64F18N8O. The number of rotatable bonds is 8. The molecule has 0 unspecified atom stereocenters. The molecule has 0 radical (unpaired) electrons. The van der Waals surface area contributed by atoms with Crippen LogP contribution in [0.2, 0.25) is 0 Å². The highest BCUT2D eigenvalue weighted by molar-refractivity contribution is 6.20. The first kappa shape index (κ1) is 93.8. The Morgan fingerprint density at radius 2 is 0.537 bits per heavy atom. The van der Waals surface area contributed by atoms with E-state index in [-0.39, 0.29) is 61.9 Å². The first-order valence-electron chi connectivity index (χ1n) is 46.2. The van der Waals surface area contributed by atoms with E-state index in [2.05, 4.69) is 63.3 Å². The zero-order valence-corrected chi connectivity index (χ0v) is 77.5. The second kappa shape index (κ2) is 35.6. The molecule has 1 aliphatic carbocycles. The number of fused-ring (bicyclic) bond motifs is 21. The number of aromatic nitrogens is 5. The Balaban J connectivity index is 0.000000111. The van der Waals surface area contributed by atoms with E-state index in [0.29, 0.717) is 49.8 Å². The Morgan fingerprint density at radius 1 is 0.235 bits per heavy atom. The minimum atomic E-state index is -4.41. The van der Waals surface area contributed by atoms with E-state index in [0.717, 1.165) is 121 Å². The van der Waals surface area contributed by atoms with Crippen molar-refractivity contribution >= 4 is 148 Å². The third-order valence-electron chi connectivity index (χ3n) is 27.9. The summed E-state index contributed by atoms with van der Waals surface area (Å²) in [4.78, 5) is 10.7. The van der Waals surface area contributed by atoms with Crippen molar-refractivity contribution in [2.75, 3.05) is 0 Å². The van der Waals surface area contributed by atoms with Crippen molar-refractivity contribution in [3.05, 3.63) is 477 Å². The number of benzene rings is 19. The van der Waals surface area contributed by atoms with E-state index < -0.39 is 116 Å². The highest BCUT2D eigenvalue weighted by Crippen LogP contribution is 2.55. The van der Waals surface area contributed by atoms with Gasteiger partial charge in [-0.1, -0.05) is 250 Å². The molecule has 0 fully saturated rings. The Bertz CT molecular complexity index is 10000. The summed E-state index contributed by atoms with van der Waals surface area (Å²) in [5, 5.41) is 10.5. The summed E-state index contributed by atoms with van der Waals surface area (Å²) >= 11 is 0. The highest BCUT2D eigenvalue weighted by Gasteiger charge is 2.41. The first-order valence-corrected chi connectivity index (χ1v) is 46.2. The van der Waals surface area contributed by atoms with E-state index in [1.165, 1.54) is 60.7 Å². The molecule has 0 spiro atoms. The summed E-state index contributed by atoms with van der Waals surface area (Å²) in [5.74, 6) is -30.8. The topological polar surface area (TPSA) is 50.9 Å². The minimum absolute atomic E-state index is 0.00265. The maximum Gasteiger partial charge on any atom is 0.418 e. The monoisotopic (exact) mass is 2000 g/mol. The molecule has 6 aromatic heterocycles. The normalized spacial score (nSPS) is 12.2. The average Bonchev–Trinajstić information content (AvgIpc) is 1.52. The summed E-state index contributed by atoms with van der Waals surface area (Å²) in [5.41, 5.74) is 9.10. The van der Waals surface area contributed by atoms with Crippen molar-refractivity contribution in [2.45, 2.75) is 32.4 Å². The van der Waals surface area contributed by atoms with Gasteiger partial charge in [-0.25, -0.2) is 80.4 Å². The molecule has 149 heavy (non-hydrogen) atoms. The van der Waals surface area contributed by atoms with E-state index >= 15 is 26.3 Å². The zero-order valence-electron chi connectivity index (χ0n) is 77.5. The van der Waals surface area contributed by atoms with Crippen molar-refractivity contribution in [1.82, 2.24) is 22.8 Å². The van der Waals surface area contributed by atoms with Gasteiger partial charge in [0.25, 0.3) is 0 Å². The van der Waals surface area contributed by atoms with Gasteiger partial charge in [0.2, 0.25) is 34.5 Å². The molecule has 0 saturated carbocycles. The molecule has 1 aliphatic rings. The van der Waals surface area contributed by atoms with Crippen molar-refractivity contribution in [3.63, 3.8) is 0 Å². The van der Waals surface area contributed by atoms with Crippen LogP contribution in [0.1, 0.15) is 36.1 Å². The van der Waals surface area contributed by atoms with Crippen molar-refractivity contribution in [2.24, 2.45) is 0 Å². The number of halogens is 18. The first-order chi connectivity index (χ1) is 71.9. The molecule has 0 N–H and O–H groups in total. The van der Waals surface area contributed by atoms with Crippen LogP contribution in [-0.2, 0) is 11.6 Å². The van der Waals surface area contributed by atoms with Crippen LogP contribution in [-0.4, -0.2) is 22.8 Å². The molecule has 26 rings (SSSR count). The molecule has 0 aliphatic heterocycles. The average molecular weight is 2000 g/mol. The molecule has 9 nitrogen and oxygen atoms in total. The Labute approximate surface area is 832 Å². The van der Waals surface area contributed by atoms with Crippen LogP contribution in [0.5, 0.6) is 0 Å². The van der Waals surface area contributed by atoms with Gasteiger partial charge >= 0.3 is 6.18 Å². The number of hydrogen-bond donors (Lipinski definition) is 0. The van der Waals surface area contributed by atoms with Crippen LogP contribution >= 0.6 is 0 Å². The quantitative estimate of drug-likeness (QED) is 0.0647. The SMILES string of the molecule is Cc1cccc(C(F)(F)F)c1-n1c2ccccc2c2ccccc21.[C-]#[N+]c1cccc(-c2c(F)c(F)c(F)c(F)c2F)c1-n1c2ccccc2c2cc(-n3c4ccccc4c4ccccc43)ccc21.[C-]#[N+]c1cccc(-c2c(F)c(F)c(F)c(F)c2F)c1-n1c2ccccc2c2cc3c(cc21)C(C)(C)c1ccccc1-3.[C-]#[N+]c1cccc(-c2c(F)c(F)c(F)c(F)c2F)c1-n1c2ccccc2c2cc3c(cc21)oc1ccccc13. The van der Waals surface area contributed by atoms with Gasteiger partial charge in [-0.2, -0.15) is 13.2 Å². The van der Waals surface area contributed by atoms with Crippen molar-refractivity contribution < 1.29 is 83.4 Å². The van der Waals surface area contributed by atoms with Gasteiger partial charge in [-0.15, -0.1) is 0 Å². The predicted octanol–water partition coefficient (Wildman–Crippen LogP) is 36.5. The highest BCUT2D eigenvalue weighted by atomic mass is 19.4. The standard InChI is InChI=1S/C37H18F5N3.C34H19F5N2.C31H13F5N2O.C20H14F3N/c1-43-26-13-8-12-24(31-32(38)34(40)36(42)35(41)33(31)39)37(26)45-29-16-7-4-11-23(29)25-19-20(17-18-30(25)45)44-27-14-5-2-9-21(27)22-10-3-6-15-28(22)44;1-34(2)22-12-6-4-9-17(22)20-15-21-18-10-5-7-14-25(18)41(26(21)16-23(20)34)33-19(11-8-13-24(33)40-3)27-28(35)30(37)32(39)31(38)29(27)36;1-37-20-10-6-9-17(25-26(32)28(34)30(36)29(35)27(25)33)31(20)38-21-11-4-2-7-15(21)18-13-19-16-8-3-5-12-23(16)39-24(19)14-22(18)38;1-13-7-6-10-16(20(21,22)23)19(13)24-17-11-4-2-8-14(17)15-9-3-5-12-18(15)24/h2-19H;4-16H,1-2H3;2-14H;2-12H,1H3. The van der Waals surface area contributed by atoms with Gasteiger partial charge in [0, 0.05) is 98.5 Å². The fourth-order valence-corrected chi connectivity index (χ4v) is 21.4. The molecule has 0 bridgehead atoms. The maximum absolute atomic E-state index is 15.2. The lowest BCUT2D eigenvalue weighted by molar-refractivity contribution is -0.137. The Kier molecular flexibility index (Phi) is 22.4. The molecule has 0 saturated heterocycles. The van der Waals surface area contributed by atoms with Crippen molar-refractivity contribution in [3.8, 4) is 72.9 Å². The molecule has 724 valence electrons. The zero-order chi connectivity index (χ0) is 104. The van der Waals surface area contributed by atoms with E-state index in [9.17, 15) is 52.7 Å². The van der Waals surface area contributed by atoms with Crippen LogP contribution < -0.4 is 0 Å². The van der Waals surface area contributed by atoms with Gasteiger partial charge < -0.3 is 27.3 Å². The number of para-hydroxylation sites is 12. The molecule has 0 amide bonds. The summed E-state index contributed by atoms with van der Waals surface area (Å²) in [6, 6.07) is 98.9. The van der Waals surface area contributed by atoms with Crippen LogP contribution in [0, 0.1) is 114 Å². The molecule has 25 aromatic rings. The minimum Gasteiger partial charge on any atom is -0.456 e. The second-order valence-corrected chi connectivity index (χ2v) is 36.2. The van der Waals surface area contributed by atoms with Crippen LogP contribution in [0.25, 0.3) is 218 Å². The largest absolute Gasteiger partial charge is 0.456 e. The van der Waals surface area contributed by atoms with E-state index in [4.69, 9.17) is 24.1 Å². The third-order valence-corrected chi connectivity index (χ3v) is 27.9. The molecule has 27 heteroatoms. The number of hydrogen-bond acceptors (Lipinski definition) is 1. The van der Waals surface area contributed by atoms with E-state index in [1.54, 1.807) is 67.7 Å². The summed E-state index contributed by atoms with van der Waals surface area (Å²) < 4.78 is 275. The summed E-state index contributed by atoms with van der Waals surface area (Å²) in [6.45, 7) is 29.5. The van der Waals surface area contributed by atoms with Crippen LogP contribution in [0.15, 0.2) is 338 Å². The number of nitrogens with zero attached hydrogens (tertiary/aromatic N) is 8. The maximum atomic E-state index is 15.2. The number of furan rings is 1. The van der Waals surface area contributed by atoms with E-state index in [1.807, 2.05) is 194 Å². The predicted molar refractivity (Wildman–Crippen MR) is 547 cm³/mol. The lowest BCUT2D eigenvalue weighted by Crippen LogP contribution is -2.15. The lowest BCUT2D eigenvalue weighted by atomic mass is 9.82. The fraction of sp³-hybridized carbons (Fsp3) is 0.0410. The second-order valence-electron chi connectivity index (χ2n) is 36.2. The number of alkyl halides is 3. The Morgan fingerprint density at radius 3 is 0.933 bits per heavy atom. The van der Waals surface area contributed by atoms with Gasteiger partial charge in [0.05, 0.1) is 120 Å². The Hall–Kier alpha value is -18.8. The lowest BCUT2D eigenvalue weighted by Gasteiger charge is -2.22. The fourth-order valence-electron chi connectivity index (χ4n) is 21.4. The molecule has 0 atom stereocenters. The summed E-state index contributed by atoms with van der Waals surface area (Å²) in [6.07, 6.45) is -4.41. The number of aryl methyl sites for hydroxylation is 1. The van der Waals surface area contributed by atoms with Crippen molar-refractivity contribution in [1.29, 1.82) is 0 Å². The molecule has 6 heterocycles.